The van der Waals surface area contributed by atoms with Crippen molar-refractivity contribution in [3.05, 3.63) is 46.3 Å². The Morgan fingerprint density at radius 3 is 2.76 bits per heavy atom. The largest absolute Gasteiger partial charge is 0.497 e. The third kappa shape index (κ3) is 3.15. The number of hydrogen-bond donors (Lipinski definition) is 3. The summed E-state index contributed by atoms with van der Waals surface area (Å²) in [6, 6.07) is 6.52. The van der Waals surface area contributed by atoms with Gasteiger partial charge in [-0.3, -0.25) is 10.1 Å². The summed E-state index contributed by atoms with van der Waals surface area (Å²) in [4.78, 5) is 14.3. The fourth-order valence-electron chi connectivity index (χ4n) is 1.63. The van der Waals surface area contributed by atoms with Crippen LogP contribution in [0.1, 0.15) is 0 Å². The van der Waals surface area contributed by atoms with Gasteiger partial charge in [-0.1, -0.05) is 0 Å². The zero-order chi connectivity index (χ0) is 15.4. The van der Waals surface area contributed by atoms with Gasteiger partial charge in [0.25, 0.3) is 0 Å². The van der Waals surface area contributed by atoms with Crippen molar-refractivity contribution in [3.63, 3.8) is 0 Å². The van der Waals surface area contributed by atoms with Crippen LogP contribution >= 0.6 is 0 Å². The maximum Gasteiger partial charge on any atom is 0.311 e. The molecule has 0 aliphatic heterocycles. The van der Waals surface area contributed by atoms with Gasteiger partial charge in [-0.15, -0.1) is 0 Å². The van der Waals surface area contributed by atoms with Gasteiger partial charge >= 0.3 is 5.69 Å². The van der Waals surface area contributed by atoms with Crippen molar-refractivity contribution in [3.8, 4) is 5.75 Å². The molecular weight excluding hydrogens is 281 g/mol. The molecule has 0 amide bonds. The number of methoxy groups -OCH3 is 1. The molecule has 4 N–H and O–H groups in total. The van der Waals surface area contributed by atoms with Crippen molar-refractivity contribution in [1.29, 1.82) is 0 Å². The van der Waals surface area contributed by atoms with E-state index in [9.17, 15) is 14.5 Å². The molecule has 0 atom stereocenters. The summed E-state index contributed by atoms with van der Waals surface area (Å²) in [5, 5.41) is 13.5. The SMILES string of the molecule is COc1ccc(F)c(Nc2nc(NN)ccc2[N+](=O)[O-])c1. The molecule has 0 spiro atoms. The summed E-state index contributed by atoms with van der Waals surface area (Å²) in [5.41, 5.74) is 1.95. The first-order valence-electron chi connectivity index (χ1n) is 5.77. The second kappa shape index (κ2) is 6.01. The van der Waals surface area contributed by atoms with Crippen LogP contribution in [0.15, 0.2) is 30.3 Å². The van der Waals surface area contributed by atoms with Crippen molar-refractivity contribution >= 4 is 23.0 Å². The lowest BCUT2D eigenvalue weighted by molar-refractivity contribution is -0.384. The highest BCUT2D eigenvalue weighted by Gasteiger charge is 2.17. The van der Waals surface area contributed by atoms with Crippen molar-refractivity contribution in [2.75, 3.05) is 17.9 Å². The molecule has 0 fully saturated rings. The van der Waals surface area contributed by atoms with E-state index in [1.165, 1.54) is 37.4 Å². The minimum Gasteiger partial charge on any atom is -0.497 e. The number of aromatic nitrogens is 1. The zero-order valence-electron chi connectivity index (χ0n) is 11.0. The number of nitrogens with two attached hydrogens (primary N) is 1. The molecule has 1 aromatic heterocycles. The first-order valence-corrected chi connectivity index (χ1v) is 5.77. The average Bonchev–Trinajstić information content (AvgIpc) is 2.49. The number of rotatable bonds is 5. The number of nitrogen functional groups attached to an aromatic ring is 1. The smallest absolute Gasteiger partial charge is 0.311 e. The summed E-state index contributed by atoms with van der Waals surface area (Å²) in [6.45, 7) is 0. The van der Waals surface area contributed by atoms with E-state index < -0.39 is 10.7 Å². The molecule has 0 aliphatic rings. The summed E-state index contributed by atoms with van der Waals surface area (Å²) < 4.78 is 18.7. The minimum absolute atomic E-state index is 0.000813. The molecule has 0 radical (unpaired) electrons. The van der Waals surface area contributed by atoms with Crippen LogP contribution in [0.3, 0.4) is 0 Å². The topological polar surface area (TPSA) is 115 Å². The number of hydrogen-bond acceptors (Lipinski definition) is 7. The Morgan fingerprint density at radius 2 is 2.14 bits per heavy atom. The zero-order valence-corrected chi connectivity index (χ0v) is 11.0. The molecule has 0 aliphatic carbocycles. The first kappa shape index (κ1) is 14.5. The Kier molecular flexibility index (Phi) is 4.14. The highest BCUT2D eigenvalue weighted by molar-refractivity contribution is 5.68. The minimum atomic E-state index is -0.631. The Morgan fingerprint density at radius 1 is 1.38 bits per heavy atom. The highest BCUT2D eigenvalue weighted by atomic mass is 19.1. The number of benzene rings is 1. The molecule has 2 aromatic rings. The molecular formula is C12H12FN5O3. The molecule has 1 aromatic carbocycles. The van der Waals surface area contributed by atoms with Crippen LogP contribution in [-0.4, -0.2) is 17.0 Å². The van der Waals surface area contributed by atoms with Crippen LogP contribution in [0.25, 0.3) is 0 Å². The van der Waals surface area contributed by atoms with Gasteiger partial charge < -0.3 is 15.5 Å². The summed E-state index contributed by atoms with van der Waals surface area (Å²) in [7, 11) is 1.43. The van der Waals surface area contributed by atoms with Gasteiger partial charge in [0, 0.05) is 12.1 Å². The van der Waals surface area contributed by atoms with Crippen LogP contribution in [0.2, 0.25) is 0 Å². The van der Waals surface area contributed by atoms with Crippen molar-refractivity contribution in [1.82, 2.24) is 4.98 Å². The molecule has 0 saturated carbocycles. The number of nitrogens with zero attached hydrogens (tertiary/aromatic N) is 2. The molecule has 0 unspecified atom stereocenters. The normalized spacial score (nSPS) is 10.0. The van der Waals surface area contributed by atoms with Gasteiger partial charge in [-0.25, -0.2) is 15.2 Å². The van der Waals surface area contributed by atoms with E-state index in [-0.39, 0.29) is 23.0 Å². The fraction of sp³-hybridized carbons (Fsp3) is 0.0833. The average molecular weight is 293 g/mol. The van der Waals surface area contributed by atoms with Crippen molar-refractivity contribution in [2.24, 2.45) is 5.84 Å². The predicted molar refractivity (Wildman–Crippen MR) is 74.9 cm³/mol. The van der Waals surface area contributed by atoms with Gasteiger partial charge in [0.1, 0.15) is 17.4 Å². The van der Waals surface area contributed by atoms with Gasteiger partial charge in [0.15, 0.2) is 0 Å². The predicted octanol–water partition coefficient (Wildman–Crippen LogP) is 2.17. The van der Waals surface area contributed by atoms with Crippen LogP contribution in [0.5, 0.6) is 5.75 Å². The van der Waals surface area contributed by atoms with Gasteiger partial charge in [0.2, 0.25) is 5.82 Å². The summed E-state index contributed by atoms with van der Waals surface area (Å²) >= 11 is 0. The molecule has 0 bridgehead atoms. The second-order valence-corrected chi connectivity index (χ2v) is 3.94. The fourth-order valence-corrected chi connectivity index (χ4v) is 1.63. The Labute approximate surface area is 118 Å². The van der Waals surface area contributed by atoms with Crippen LogP contribution in [0.4, 0.5) is 27.4 Å². The van der Waals surface area contributed by atoms with E-state index in [1.54, 1.807) is 0 Å². The standard InChI is InChI=1S/C12H12FN5O3/c1-21-7-2-3-8(13)9(6-7)15-12-10(18(19)20)4-5-11(16-12)17-14/h2-6H,14H2,1H3,(H2,15,16,17). The molecule has 110 valence electrons. The molecule has 21 heavy (non-hydrogen) atoms. The van der Waals surface area contributed by atoms with E-state index in [4.69, 9.17) is 10.6 Å². The van der Waals surface area contributed by atoms with Crippen molar-refractivity contribution < 1.29 is 14.1 Å². The maximum atomic E-state index is 13.8. The maximum absolute atomic E-state index is 13.8. The molecule has 9 heteroatoms. The molecule has 8 nitrogen and oxygen atoms in total. The number of hydrazine groups is 1. The quantitative estimate of drug-likeness (QED) is 0.439. The lowest BCUT2D eigenvalue weighted by Gasteiger charge is -2.10. The van der Waals surface area contributed by atoms with E-state index in [0.717, 1.165) is 0 Å². The number of ether oxygens (including phenoxy) is 1. The van der Waals surface area contributed by atoms with Crippen LogP contribution in [0, 0.1) is 15.9 Å². The lowest BCUT2D eigenvalue weighted by Crippen LogP contribution is -2.10. The Hall–Kier alpha value is -2.94. The van der Waals surface area contributed by atoms with E-state index in [1.807, 2.05) is 0 Å². The number of halogens is 1. The third-order valence-corrected chi connectivity index (χ3v) is 2.65. The summed E-state index contributed by atoms with van der Waals surface area (Å²) in [6.07, 6.45) is 0. The summed E-state index contributed by atoms with van der Waals surface area (Å²) in [5.74, 6) is 5.07. The van der Waals surface area contributed by atoms with Gasteiger partial charge in [0.05, 0.1) is 17.7 Å². The number of nitrogens with one attached hydrogen (secondary N) is 2. The third-order valence-electron chi connectivity index (χ3n) is 2.65. The molecule has 0 saturated heterocycles. The Balaban J connectivity index is 2.44. The van der Waals surface area contributed by atoms with Crippen LogP contribution in [-0.2, 0) is 0 Å². The number of pyridine rings is 1. The van der Waals surface area contributed by atoms with Gasteiger partial charge in [-0.2, -0.15) is 0 Å². The first-order chi connectivity index (χ1) is 10.0. The highest BCUT2D eigenvalue weighted by Crippen LogP contribution is 2.30. The van der Waals surface area contributed by atoms with Crippen LogP contribution < -0.4 is 21.3 Å². The number of anilines is 3. The monoisotopic (exact) mass is 293 g/mol. The molecule has 2 rings (SSSR count). The van der Waals surface area contributed by atoms with Gasteiger partial charge in [-0.05, 0) is 18.2 Å². The number of nitro groups is 1. The van der Waals surface area contributed by atoms with E-state index in [2.05, 4.69) is 15.7 Å². The van der Waals surface area contributed by atoms with E-state index >= 15 is 0 Å². The second-order valence-electron chi connectivity index (χ2n) is 3.94. The van der Waals surface area contributed by atoms with Crippen molar-refractivity contribution in [2.45, 2.75) is 0 Å². The molecule has 1 heterocycles. The van der Waals surface area contributed by atoms with E-state index in [0.29, 0.717) is 5.75 Å². The Bertz CT molecular complexity index is 680. The lowest BCUT2D eigenvalue weighted by atomic mass is 10.2.